The van der Waals surface area contributed by atoms with Crippen LogP contribution in [0.15, 0.2) is 48.5 Å². The van der Waals surface area contributed by atoms with Gasteiger partial charge < -0.3 is 24.2 Å². The first-order valence-corrected chi connectivity index (χ1v) is 13.5. The first-order chi connectivity index (χ1) is 17.9. The number of carboxylic acids is 1. The summed E-state index contributed by atoms with van der Waals surface area (Å²) in [4.78, 5) is 26.1. The molecule has 0 spiro atoms. The van der Waals surface area contributed by atoms with Crippen molar-refractivity contribution in [2.75, 3.05) is 26.3 Å². The molecule has 1 atom stereocenters. The highest BCUT2D eigenvalue weighted by Gasteiger charge is 2.21. The number of aliphatic carboxylic acids is 1. The maximum atomic E-state index is 13.0. The summed E-state index contributed by atoms with van der Waals surface area (Å²) in [6, 6.07) is 15.0. The van der Waals surface area contributed by atoms with E-state index in [0.29, 0.717) is 56.1 Å². The van der Waals surface area contributed by atoms with Gasteiger partial charge in [0.15, 0.2) is 6.10 Å². The second kappa shape index (κ2) is 14.6. The summed E-state index contributed by atoms with van der Waals surface area (Å²) < 4.78 is 16.9. The molecule has 37 heavy (non-hydrogen) atoms. The summed E-state index contributed by atoms with van der Waals surface area (Å²) in [5.74, 6) is 1.33. The number of nitrogens with zero attached hydrogens (tertiary/aromatic N) is 1. The smallest absolute Gasteiger partial charge is 0.415 e. The molecule has 0 aromatic heterocycles. The molecule has 0 heterocycles. The minimum Gasteiger partial charge on any atom is -0.492 e. The quantitative estimate of drug-likeness (QED) is 0.320. The van der Waals surface area contributed by atoms with Gasteiger partial charge in [0.2, 0.25) is 0 Å². The highest BCUT2D eigenvalue weighted by atomic mass is 16.6. The summed E-state index contributed by atoms with van der Waals surface area (Å²) in [5, 5.41) is 9.28. The maximum Gasteiger partial charge on any atom is 0.415 e. The van der Waals surface area contributed by atoms with Crippen molar-refractivity contribution in [3.05, 3.63) is 59.7 Å². The van der Waals surface area contributed by atoms with Gasteiger partial charge in [-0.1, -0.05) is 63.8 Å². The normalized spacial score (nSPS) is 14.5. The minimum atomic E-state index is -0.970. The molecule has 7 heteroatoms. The Morgan fingerprint density at radius 1 is 0.973 bits per heavy atom. The van der Waals surface area contributed by atoms with Gasteiger partial charge in [0, 0.05) is 19.6 Å². The fourth-order valence-corrected chi connectivity index (χ4v) is 4.65. The van der Waals surface area contributed by atoms with Crippen LogP contribution in [0.4, 0.5) is 4.79 Å². The fourth-order valence-electron chi connectivity index (χ4n) is 4.65. The Labute approximate surface area is 220 Å². The van der Waals surface area contributed by atoms with E-state index in [1.165, 1.54) is 31.2 Å². The molecule has 1 aliphatic rings. The van der Waals surface area contributed by atoms with Crippen molar-refractivity contribution in [2.45, 2.75) is 71.3 Å². The number of amides is 1. The molecule has 202 valence electrons. The van der Waals surface area contributed by atoms with Crippen molar-refractivity contribution in [1.29, 1.82) is 0 Å². The van der Waals surface area contributed by atoms with Crippen molar-refractivity contribution < 1.29 is 28.9 Å². The summed E-state index contributed by atoms with van der Waals surface area (Å²) in [6.07, 6.45) is 5.05. The molecule has 1 N–H and O–H groups in total. The molecule has 7 nitrogen and oxygen atoms in total. The molecule has 2 aromatic rings. The third kappa shape index (κ3) is 9.39. The van der Waals surface area contributed by atoms with E-state index in [-0.39, 0.29) is 6.09 Å². The number of hydrogen-bond acceptors (Lipinski definition) is 5. The molecule has 1 aliphatic carbocycles. The molecule has 0 bridgehead atoms. The lowest BCUT2D eigenvalue weighted by molar-refractivity contribution is -0.149. The average Bonchev–Trinajstić information content (AvgIpc) is 3.40. The van der Waals surface area contributed by atoms with Crippen LogP contribution in [0.2, 0.25) is 0 Å². The van der Waals surface area contributed by atoms with Crippen LogP contribution in [0.25, 0.3) is 0 Å². The number of rotatable bonds is 14. The Morgan fingerprint density at radius 3 is 2.22 bits per heavy atom. The predicted molar refractivity (Wildman–Crippen MR) is 143 cm³/mol. The highest BCUT2D eigenvalue weighted by molar-refractivity contribution is 5.72. The van der Waals surface area contributed by atoms with Gasteiger partial charge in [0.05, 0.1) is 6.54 Å². The maximum absolute atomic E-state index is 13.0. The number of carboxylic acid groups (broad SMARTS) is 1. The minimum absolute atomic E-state index is 0.294. The van der Waals surface area contributed by atoms with E-state index in [4.69, 9.17) is 14.2 Å². The zero-order valence-electron chi connectivity index (χ0n) is 22.4. The Morgan fingerprint density at radius 2 is 1.62 bits per heavy atom. The lowest BCUT2D eigenvalue weighted by Crippen LogP contribution is -2.38. The fraction of sp³-hybridized carbons (Fsp3) is 0.533. The summed E-state index contributed by atoms with van der Waals surface area (Å²) in [6.45, 7) is 7.79. The zero-order valence-corrected chi connectivity index (χ0v) is 22.4. The first-order valence-electron chi connectivity index (χ1n) is 13.5. The van der Waals surface area contributed by atoms with Crippen LogP contribution in [-0.4, -0.2) is 54.5 Å². The van der Waals surface area contributed by atoms with Gasteiger partial charge in [-0.05, 0) is 60.6 Å². The lowest BCUT2D eigenvalue weighted by atomic mass is 10.0. The van der Waals surface area contributed by atoms with Gasteiger partial charge in [-0.25, -0.2) is 9.59 Å². The molecule has 2 aromatic carbocycles. The Hall–Kier alpha value is -3.06. The van der Waals surface area contributed by atoms with Crippen LogP contribution >= 0.6 is 0 Å². The Kier molecular flexibility index (Phi) is 11.3. The van der Waals surface area contributed by atoms with Gasteiger partial charge in [0.1, 0.15) is 18.1 Å². The van der Waals surface area contributed by atoms with E-state index in [0.717, 1.165) is 12.0 Å². The molecule has 0 aliphatic heterocycles. The van der Waals surface area contributed by atoms with Crippen molar-refractivity contribution in [3.8, 4) is 11.5 Å². The van der Waals surface area contributed by atoms with Gasteiger partial charge in [-0.2, -0.15) is 0 Å². The van der Waals surface area contributed by atoms with E-state index in [1.807, 2.05) is 48.5 Å². The van der Waals surface area contributed by atoms with Crippen molar-refractivity contribution in [2.24, 2.45) is 5.92 Å². The Bertz CT molecular complexity index is 967. The summed E-state index contributed by atoms with van der Waals surface area (Å²) >= 11 is 0. The number of ether oxygens (including phenoxy) is 3. The largest absolute Gasteiger partial charge is 0.492 e. The second-order valence-corrected chi connectivity index (χ2v) is 10.00. The summed E-state index contributed by atoms with van der Waals surface area (Å²) in [5.41, 5.74) is 2.06. The predicted octanol–water partition coefficient (Wildman–Crippen LogP) is 6.30. The molecule has 0 radical (unpaired) electrons. The number of carbonyl (C=O) groups is 2. The summed E-state index contributed by atoms with van der Waals surface area (Å²) in [7, 11) is 0. The van der Waals surface area contributed by atoms with Gasteiger partial charge >= 0.3 is 12.1 Å². The van der Waals surface area contributed by atoms with Crippen LogP contribution in [0, 0.1) is 5.92 Å². The van der Waals surface area contributed by atoms with E-state index in [9.17, 15) is 14.7 Å². The van der Waals surface area contributed by atoms with Gasteiger partial charge in [-0.15, -0.1) is 0 Å². The molecule has 3 rings (SSSR count). The van der Waals surface area contributed by atoms with E-state index >= 15 is 0 Å². The van der Waals surface area contributed by atoms with Crippen molar-refractivity contribution in [1.82, 2.24) is 4.90 Å². The second-order valence-electron chi connectivity index (χ2n) is 10.00. The monoisotopic (exact) mass is 511 g/mol. The van der Waals surface area contributed by atoms with Gasteiger partial charge in [-0.3, -0.25) is 0 Å². The lowest BCUT2D eigenvalue weighted by Gasteiger charge is -2.23. The highest BCUT2D eigenvalue weighted by Crippen LogP contribution is 2.28. The van der Waals surface area contributed by atoms with Crippen LogP contribution in [0.5, 0.6) is 11.5 Å². The molecule has 1 unspecified atom stereocenters. The van der Waals surface area contributed by atoms with Crippen molar-refractivity contribution >= 4 is 12.1 Å². The Balaban J connectivity index is 1.54. The van der Waals surface area contributed by atoms with Gasteiger partial charge in [0.25, 0.3) is 0 Å². The van der Waals surface area contributed by atoms with E-state index < -0.39 is 12.1 Å². The topological polar surface area (TPSA) is 85.3 Å². The van der Waals surface area contributed by atoms with Crippen LogP contribution in [0.1, 0.15) is 69.9 Å². The molecular weight excluding hydrogens is 470 g/mol. The third-order valence-corrected chi connectivity index (χ3v) is 6.91. The van der Waals surface area contributed by atoms with Crippen LogP contribution in [0.3, 0.4) is 0 Å². The molecule has 1 fully saturated rings. The SMILES string of the molecule is CCOC(Cc1ccc(OCCN(CCC2CCCC2)C(=O)Oc2ccc(C(C)C)cc2)cc1)C(=O)O. The third-order valence-electron chi connectivity index (χ3n) is 6.91. The molecule has 1 amide bonds. The average molecular weight is 512 g/mol. The van der Waals surface area contributed by atoms with Crippen LogP contribution < -0.4 is 9.47 Å². The first kappa shape index (κ1) is 28.5. The van der Waals surface area contributed by atoms with E-state index in [2.05, 4.69) is 13.8 Å². The standard InChI is InChI=1S/C30H41NO6/c1-4-35-28(29(32)33)21-24-9-13-26(14-10-24)36-20-19-31(18-17-23-7-5-6-8-23)30(34)37-27-15-11-25(12-16-27)22(2)3/h9-16,22-23,28H,4-8,17-21H2,1-3H3,(H,32,33). The van der Waals surface area contributed by atoms with Crippen molar-refractivity contribution in [3.63, 3.8) is 0 Å². The van der Waals surface area contributed by atoms with E-state index in [1.54, 1.807) is 11.8 Å². The molecule has 1 saturated carbocycles. The molecular formula is C30H41NO6. The number of hydrogen-bond donors (Lipinski definition) is 1. The number of benzene rings is 2. The zero-order chi connectivity index (χ0) is 26.6. The number of carbonyl (C=O) groups excluding carboxylic acids is 1. The molecule has 0 saturated heterocycles. The van der Waals surface area contributed by atoms with Crippen LogP contribution in [-0.2, 0) is 16.0 Å².